The van der Waals surface area contributed by atoms with E-state index in [1.165, 1.54) is 24.3 Å². The second kappa shape index (κ2) is 10.2. The SMILES string of the molecule is Cc1ccccc1CNC(=O)C(C)N1CCN(C(=O)COc2ccc(F)cc2)CC1. The van der Waals surface area contributed by atoms with Crippen LogP contribution in [0.15, 0.2) is 48.5 Å². The molecule has 1 N–H and O–H groups in total. The first-order valence-corrected chi connectivity index (χ1v) is 10.2. The highest BCUT2D eigenvalue weighted by Gasteiger charge is 2.27. The number of piperazine rings is 1. The molecule has 0 bridgehead atoms. The second-order valence-electron chi connectivity index (χ2n) is 7.48. The molecule has 2 aromatic rings. The van der Waals surface area contributed by atoms with E-state index in [-0.39, 0.29) is 30.3 Å². The summed E-state index contributed by atoms with van der Waals surface area (Å²) < 4.78 is 18.4. The molecule has 1 fully saturated rings. The van der Waals surface area contributed by atoms with Gasteiger partial charge in [-0.2, -0.15) is 0 Å². The Morgan fingerprint density at radius 1 is 1.07 bits per heavy atom. The molecule has 0 radical (unpaired) electrons. The standard InChI is InChI=1S/C23H28FN3O3/c1-17-5-3-4-6-19(17)15-25-23(29)18(2)26-11-13-27(14-12-26)22(28)16-30-21-9-7-20(24)8-10-21/h3-10,18H,11-16H2,1-2H3,(H,25,29). The largest absolute Gasteiger partial charge is 0.484 e. The van der Waals surface area contributed by atoms with Gasteiger partial charge in [-0.05, 0) is 49.2 Å². The highest BCUT2D eigenvalue weighted by Crippen LogP contribution is 2.12. The molecule has 6 nitrogen and oxygen atoms in total. The van der Waals surface area contributed by atoms with Gasteiger partial charge in [-0.25, -0.2) is 4.39 Å². The lowest BCUT2D eigenvalue weighted by Crippen LogP contribution is -2.55. The van der Waals surface area contributed by atoms with Crippen molar-refractivity contribution < 1.29 is 18.7 Å². The Labute approximate surface area is 176 Å². The fourth-order valence-electron chi connectivity index (χ4n) is 3.43. The Morgan fingerprint density at radius 3 is 2.40 bits per heavy atom. The van der Waals surface area contributed by atoms with Crippen LogP contribution in [-0.4, -0.2) is 60.4 Å². The van der Waals surface area contributed by atoms with Crippen molar-refractivity contribution in [3.8, 4) is 5.75 Å². The summed E-state index contributed by atoms with van der Waals surface area (Å²) >= 11 is 0. The molecule has 3 rings (SSSR count). The highest BCUT2D eigenvalue weighted by molar-refractivity contribution is 5.81. The number of aryl methyl sites for hydroxylation is 1. The summed E-state index contributed by atoms with van der Waals surface area (Å²) in [5.74, 6) is -0.0162. The van der Waals surface area contributed by atoms with Crippen LogP contribution >= 0.6 is 0 Å². The van der Waals surface area contributed by atoms with E-state index in [4.69, 9.17) is 4.74 Å². The van der Waals surface area contributed by atoms with Gasteiger partial charge in [0, 0.05) is 32.7 Å². The Balaban J connectivity index is 1.41. The van der Waals surface area contributed by atoms with E-state index in [1.54, 1.807) is 4.90 Å². The first-order chi connectivity index (χ1) is 14.4. The molecule has 2 aromatic carbocycles. The molecule has 1 saturated heterocycles. The molecular weight excluding hydrogens is 385 g/mol. The number of halogens is 1. The molecule has 1 unspecified atom stereocenters. The molecule has 1 heterocycles. The maximum absolute atomic E-state index is 12.9. The Hall–Kier alpha value is -2.93. The molecule has 0 aliphatic carbocycles. The lowest BCUT2D eigenvalue weighted by Gasteiger charge is -2.37. The third-order valence-corrected chi connectivity index (χ3v) is 5.48. The van der Waals surface area contributed by atoms with Crippen molar-refractivity contribution in [2.24, 2.45) is 0 Å². The molecule has 7 heteroatoms. The molecule has 2 amide bonds. The number of nitrogens with zero attached hydrogens (tertiary/aromatic N) is 2. The molecule has 0 spiro atoms. The Bertz CT molecular complexity index is 864. The van der Waals surface area contributed by atoms with Crippen molar-refractivity contribution in [3.63, 3.8) is 0 Å². The van der Waals surface area contributed by atoms with Crippen molar-refractivity contribution in [2.75, 3.05) is 32.8 Å². The zero-order chi connectivity index (χ0) is 21.5. The maximum atomic E-state index is 12.9. The number of carbonyl (C=O) groups is 2. The third kappa shape index (κ3) is 5.79. The summed E-state index contributed by atoms with van der Waals surface area (Å²) in [5.41, 5.74) is 2.26. The average molecular weight is 413 g/mol. The summed E-state index contributed by atoms with van der Waals surface area (Å²) in [6, 6.07) is 13.3. The topological polar surface area (TPSA) is 61.9 Å². The number of ether oxygens (including phenoxy) is 1. The van der Waals surface area contributed by atoms with Crippen molar-refractivity contribution in [3.05, 3.63) is 65.5 Å². The lowest BCUT2D eigenvalue weighted by molar-refractivity contribution is -0.136. The van der Waals surface area contributed by atoms with E-state index in [0.29, 0.717) is 38.5 Å². The second-order valence-corrected chi connectivity index (χ2v) is 7.48. The fraction of sp³-hybridized carbons (Fsp3) is 0.391. The maximum Gasteiger partial charge on any atom is 0.260 e. The average Bonchev–Trinajstić information content (AvgIpc) is 2.77. The van der Waals surface area contributed by atoms with Crippen molar-refractivity contribution in [1.29, 1.82) is 0 Å². The number of hydrogen-bond donors (Lipinski definition) is 1. The zero-order valence-electron chi connectivity index (χ0n) is 17.4. The van der Waals surface area contributed by atoms with Crippen molar-refractivity contribution in [1.82, 2.24) is 15.1 Å². The summed E-state index contributed by atoms with van der Waals surface area (Å²) in [6.45, 7) is 6.68. The highest BCUT2D eigenvalue weighted by atomic mass is 19.1. The predicted octanol–water partition coefficient (Wildman–Crippen LogP) is 2.36. The van der Waals surface area contributed by atoms with Crippen molar-refractivity contribution >= 4 is 11.8 Å². The van der Waals surface area contributed by atoms with Gasteiger partial charge < -0.3 is 15.0 Å². The van der Waals surface area contributed by atoms with E-state index in [1.807, 2.05) is 38.1 Å². The van der Waals surface area contributed by atoms with Gasteiger partial charge in [-0.1, -0.05) is 24.3 Å². The number of carbonyl (C=O) groups excluding carboxylic acids is 2. The molecule has 1 atom stereocenters. The summed E-state index contributed by atoms with van der Waals surface area (Å²) in [5, 5.41) is 3.01. The molecule has 30 heavy (non-hydrogen) atoms. The normalized spacial score (nSPS) is 15.5. The van der Waals surface area contributed by atoms with Gasteiger partial charge in [-0.15, -0.1) is 0 Å². The van der Waals surface area contributed by atoms with Gasteiger partial charge in [0.15, 0.2) is 6.61 Å². The van der Waals surface area contributed by atoms with Crippen LogP contribution < -0.4 is 10.1 Å². The predicted molar refractivity (Wildman–Crippen MR) is 113 cm³/mol. The summed E-state index contributed by atoms with van der Waals surface area (Å²) in [4.78, 5) is 28.7. The van der Waals surface area contributed by atoms with Gasteiger partial charge in [0.05, 0.1) is 6.04 Å². The number of benzene rings is 2. The minimum atomic E-state index is -0.346. The quantitative estimate of drug-likeness (QED) is 0.757. The van der Waals surface area contributed by atoms with E-state index >= 15 is 0 Å². The molecule has 1 aliphatic heterocycles. The molecule has 0 aromatic heterocycles. The number of rotatable bonds is 7. The van der Waals surface area contributed by atoms with E-state index < -0.39 is 0 Å². The third-order valence-electron chi connectivity index (χ3n) is 5.48. The minimum absolute atomic E-state index is 0.0160. The van der Waals surface area contributed by atoms with Crippen LogP contribution in [0.4, 0.5) is 4.39 Å². The van der Waals surface area contributed by atoms with E-state index in [9.17, 15) is 14.0 Å². The molecule has 0 saturated carbocycles. The van der Waals surface area contributed by atoms with Crippen LogP contribution in [0.1, 0.15) is 18.1 Å². The van der Waals surface area contributed by atoms with Gasteiger partial charge in [-0.3, -0.25) is 14.5 Å². The molecular formula is C23H28FN3O3. The first-order valence-electron chi connectivity index (χ1n) is 10.2. The number of hydrogen-bond acceptors (Lipinski definition) is 4. The van der Waals surface area contributed by atoms with Crippen LogP contribution in [0.3, 0.4) is 0 Å². The monoisotopic (exact) mass is 413 g/mol. The smallest absolute Gasteiger partial charge is 0.260 e. The van der Waals surface area contributed by atoms with Gasteiger partial charge in [0.1, 0.15) is 11.6 Å². The Morgan fingerprint density at radius 2 is 1.73 bits per heavy atom. The minimum Gasteiger partial charge on any atom is -0.484 e. The fourth-order valence-corrected chi connectivity index (χ4v) is 3.43. The first kappa shape index (κ1) is 21.8. The van der Waals surface area contributed by atoms with Gasteiger partial charge in [0.25, 0.3) is 5.91 Å². The Kier molecular flexibility index (Phi) is 7.41. The van der Waals surface area contributed by atoms with Crippen molar-refractivity contribution in [2.45, 2.75) is 26.4 Å². The van der Waals surface area contributed by atoms with Crippen LogP contribution in [0.25, 0.3) is 0 Å². The molecule has 1 aliphatic rings. The summed E-state index contributed by atoms with van der Waals surface area (Å²) in [7, 11) is 0. The number of amides is 2. The van der Waals surface area contributed by atoms with Crippen LogP contribution in [0.2, 0.25) is 0 Å². The lowest BCUT2D eigenvalue weighted by atomic mass is 10.1. The number of nitrogens with one attached hydrogen (secondary N) is 1. The molecule has 160 valence electrons. The van der Waals surface area contributed by atoms with E-state index in [2.05, 4.69) is 10.2 Å². The van der Waals surface area contributed by atoms with Crippen LogP contribution in [0, 0.1) is 12.7 Å². The summed E-state index contributed by atoms with van der Waals surface area (Å²) in [6.07, 6.45) is 0. The van der Waals surface area contributed by atoms with Gasteiger partial charge in [0.2, 0.25) is 5.91 Å². The zero-order valence-corrected chi connectivity index (χ0v) is 17.4. The van der Waals surface area contributed by atoms with Gasteiger partial charge >= 0.3 is 0 Å². The van der Waals surface area contributed by atoms with E-state index in [0.717, 1.165) is 11.1 Å². The van der Waals surface area contributed by atoms with Crippen LogP contribution in [-0.2, 0) is 16.1 Å². The van der Waals surface area contributed by atoms with Crippen LogP contribution in [0.5, 0.6) is 5.75 Å².